The van der Waals surface area contributed by atoms with Gasteiger partial charge in [0.1, 0.15) is 11.9 Å². The van der Waals surface area contributed by atoms with Crippen molar-refractivity contribution >= 4 is 11.7 Å². The monoisotopic (exact) mass is 218 g/mol. The molecule has 0 bridgehead atoms. The second-order valence-electron chi connectivity index (χ2n) is 3.46. The molecular weight excluding hydrogens is 204 g/mol. The smallest absolute Gasteiger partial charge is 0.217 e. The maximum atomic E-state index is 10.5. The van der Waals surface area contributed by atoms with Crippen LogP contribution >= 0.6 is 0 Å². The normalized spacial score (nSPS) is 9.50. The van der Waals surface area contributed by atoms with E-state index in [1.807, 2.05) is 6.92 Å². The van der Waals surface area contributed by atoms with Crippen molar-refractivity contribution in [3.63, 3.8) is 0 Å². The van der Waals surface area contributed by atoms with Crippen LogP contribution < -0.4 is 11.1 Å². The molecule has 0 saturated heterocycles. The zero-order valence-corrected chi connectivity index (χ0v) is 9.16. The molecule has 0 aliphatic carbocycles. The molecule has 1 aromatic heterocycles. The minimum atomic E-state index is -0.320. The van der Waals surface area contributed by atoms with E-state index >= 15 is 0 Å². The molecule has 0 spiro atoms. The number of primary amides is 1. The van der Waals surface area contributed by atoms with Gasteiger partial charge in [-0.1, -0.05) is 0 Å². The predicted molar refractivity (Wildman–Crippen MR) is 60.6 cm³/mol. The minimum absolute atomic E-state index is 0.320. The highest BCUT2D eigenvalue weighted by Crippen LogP contribution is 2.14. The first-order chi connectivity index (χ1) is 7.65. The summed E-state index contributed by atoms with van der Waals surface area (Å²) < 4.78 is 0. The van der Waals surface area contributed by atoms with Gasteiger partial charge in [-0.15, -0.1) is 0 Å². The molecule has 0 atom stereocenters. The maximum absolute atomic E-state index is 10.5. The maximum Gasteiger partial charge on any atom is 0.217 e. The summed E-state index contributed by atoms with van der Waals surface area (Å²) in [5.74, 6) is 0.242. The van der Waals surface area contributed by atoms with Crippen LogP contribution in [0.15, 0.2) is 12.3 Å². The van der Waals surface area contributed by atoms with Crippen LogP contribution in [-0.4, -0.2) is 17.4 Å². The third kappa shape index (κ3) is 3.24. The van der Waals surface area contributed by atoms with Gasteiger partial charge in [0.2, 0.25) is 5.91 Å². The Morgan fingerprint density at radius 1 is 1.69 bits per heavy atom. The first-order valence-corrected chi connectivity index (χ1v) is 5.03. The number of aryl methyl sites for hydroxylation is 1. The fourth-order valence-corrected chi connectivity index (χ4v) is 1.30. The lowest BCUT2D eigenvalue weighted by Crippen LogP contribution is -2.13. The Balaban J connectivity index is 2.58. The highest BCUT2D eigenvalue weighted by molar-refractivity contribution is 5.73. The van der Waals surface area contributed by atoms with Crippen molar-refractivity contribution in [1.29, 1.82) is 5.26 Å². The van der Waals surface area contributed by atoms with E-state index in [1.165, 1.54) is 0 Å². The van der Waals surface area contributed by atoms with Gasteiger partial charge in [-0.2, -0.15) is 5.26 Å². The number of carbonyl (C=O) groups excluding carboxylic acids is 1. The van der Waals surface area contributed by atoms with Gasteiger partial charge in [0.15, 0.2) is 0 Å². The Morgan fingerprint density at radius 3 is 3.06 bits per heavy atom. The zero-order chi connectivity index (χ0) is 12.0. The van der Waals surface area contributed by atoms with E-state index in [1.54, 1.807) is 12.3 Å². The number of anilines is 1. The predicted octanol–water partition coefficient (Wildman–Crippen LogP) is 0.939. The summed E-state index contributed by atoms with van der Waals surface area (Å²) >= 11 is 0. The van der Waals surface area contributed by atoms with Crippen molar-refractivity contribution in [3.05, 3.63) is 23.4 Å². The van der Waals surface area contributed by atoms with E-state index in [9.17, 15) is 4.79 Å². The molecule has 1 heterocycles. The van der Waals surface area contributed by atoms with E-state index in [2.05, 4.69) is 16.4 Å². The second-order valence-corrected chi connectivity index (χ2v) is 3.46. The molecule has 0 aliphatic rings. The number of pyridine rings is 1. The molecule has 5 nitrogen and oxygen atoms in total. The van der Waals surface area contributed by atoms with Crippen LogP contribution in [0.5, 0.6) is 0 Å². The number of nitrogens with zero attached hydrogens (tertiary/aromatic N) is 2. The Labute approximate surface area is 94.3 Å². The van der Waals surface area contributed by atoms with Crippen LogP contribution in [0.4, 0.5) is 5.82 Å². The van der Waals surface area contributed by atoms with Crippen molar-refractivity contribution in [2.24, 2.45) is 5.73 Å². The van der Waals surface area contributed by atoms with Crippen molar-refractivity contribution in [2.75, 3.05) is 11.9 Å². The van der Waals surface area contributed by atoms with Crippen molar-refractivity contribution < 1.29 is 4.79 Å². The van der Waals surface area contributed by atoms with Gasteiger partial charge in [-0.05, 0) is 25.0 Å². The van der Waals surface area contributed by atoms with Crippen molar-refractivity contribution in [2.45, 2.75) is 19.8 Å². The summed E-state index contributed by atoms with van der Waals surface area (Å²) in [4.78, 5) is 14.6. The van der Waals surface area contributed by atoms with Crippen LogP contribution in [0.1, 0.15) is 24.0 Å². The Bertz CT molecular complexity index is 422. The van der Waals surface area contributed by atoms with E-state index < -0.39 is 0 Å². The first-order valence-electron chi connectivity index (χ1n) is 5.03. The van der Waals surface area contributed by atoms with Crippen molar-refractivity contribution in [1.82, 2.24) is 4.98 Å². The molecule has 5 heteroatoms. The molecule has 0 unspecified atom stereocenters. The summed E-state index contributed by atoms with van der Waals surface area (Å²) in [6.45, 7) is 2.43. The van der Waals surface area contributed by atoms with Crippen LogP contribution in [-0.2, 0) is 4.79 Å². The Kier molecular flexibility index (Phi) is 4.28. The van der Waals surface area contributed by atoms with Crippen LogP contribution in [0, 0.1) is 18.3 Å². The van der Waals surface area contributed by atoms with Gasteiger partial charge in [-0.3, -0.25) is 4.79 Å². The van der Waals surface area contributed by atoms with Gasteiger partial charge in [0, 0.05) is 19.2 Å². The number of aromatic nitrogens is 1. The number of hydrogen-bond acceptors (Lipinski definition) is 4. The first kappa shape index (κ1) is 12.0. The fourth-order valence-electron chi connectivity index (χ4n) is 1.30. The quantitative estimate of drug-likeness (QED) is 0.719. The highest BCUT2D eigenvalue weighted by atomic mass is 16.1. The van der Waals surface area contributed by atoms with E-state index in [-0.39, 0.29) is 5.91 Å². The number of rotatable bonds is 5. The Morgan fingerprint density at radius 2 is 2.44 bits per heavy atom. The summed E-state index contributed by atoms with van der Waals surface area (Å²) in [6, 6.07) is 3.88. The molecule has 84 valence electrons. The third-order valence-corrected chi connectivity index (χ3v) is 2.16. The lowest BCUT2D eigenvalue weighted by molar-refractivity contribution is -0.118. The molecule has 0 saturated carbocycles. The van der Waals surface area contributed by atoms with Crippen molar-refractivity contribution in [3.8, 4) is 6.07 Å². The van der Waals surface area contributed by atoms with E-state index in [0.717, 1.165) is 5.56 Å². The van der Waals surface area contributed by atoms with Crippen LogP contribution in [0.3, 0.4) is 0 Å². The van der Waals surface area contributed by atoms with Crippen LogP contribution in [0.25, 0.3) is 0 Å². The van der Waals surface area contributed by atoms with Gasteiger partial charge >= 0.3 is 0 Å². The molecule has 0 aromatic carbocycles. The number of amides is 1. The second kappa shape index (κ2) is 5.71. The van der Waals surface area contributed by atoms with Gasteiger partial charge in [0.25, 0.3) is 0 Å². The third-order valence-electron chi connectivity index (χ3n) is 2.16. The molecule has 0 aliphatic heterocycles. The largest absolute Gasteiger partial charge is 0.370 e. The number of nitriles is 1. The lowest BCUT2D eigenvalue weighted by atomic mass is 10.1. The zero-order valence-electron chi connectivity index (χ0n) is 9.16. The number of nitrogens with one attached hydrogen (secondary N) is 1. The summed E-state index contributed by atoms with van der Waals surface area (Å²) in [5, 5.41) is 12.0. The highest BCUT2D eigenvalue weighted by Gasteiger charge is 2.05. The molecule has 1 amide bonds. The average Bonchev–Trinajstić information content (AvgIpc) is 2.24. The molecule has 0 radical (unpaired) electrons. The SMILES string of the molecule is Cc1ccnc(NCCCC(N)=O)c1C#N. The van der Waals surface area contributed by atoms with Gasteiger partial charge in [-0.25, -0.2) is 4.98 Å². The summed E-state index contributed by atoms with van der Waals surface area (Å²) in [6.07, 6.45) is 2.61. The van der Waals surface area contributed by atoms with Crippen LogP contribution in [0.2, 0.25) is 0 Å². The molecule has 0 fully saturated rings. The van der Waals surface area contributed by atoms with E-state index in [4.69, 9.17) is 11.0 Å². The molecule has 16 heavy (non-hydrogen) atoms. The molecule has 1 rings (SSSR count). The number of nitrogens with two attached hydrogens (primary N) is 1. The molecule has 3 N–H and O–H groups in total. The lowest BCUT2D eigenvalue weighted by Gasteiger charge is -2.07. The standard InChI is InChI=1S/C11H14N4O/c1-8-4-6-15-11(9(8)7-12)14-5-2-3-10(13)16/h4,6H,2-3,5H2,1H3,(H2,13,16)(H,14,15). The van der Waals surface area contributed by atoms with Gasteiger partial charge < -0.3 is 11.1 Å². The van der Waals surface area contributed by atoms with E-state index in [0.29, 0.717) is 30.8 Å². The average molecular weight is 218 g/mol. The van der Waals surface area contributed by atoms with Gasteiger partial charge in [0.05, 0.1) is 5.56 Å². The number of carbonyl (C=O) groups is 1. The number of hydrogen-bond donors (Lipinski definition) is 2. The summed E-state index contributed by atoms with van der Waals surface area (Å²) in [7, 11) is 0. The molecule has 1 aromatic rings. The fraction of sp³-hybridized carbons (Fsp3) is 0.364. The summed E-state index contributed by atoms with van der Waals surface area (Å²) in [5.41, 5.74) is 6.44. The minimum Gasteiger partial charge on any atom is -0.370 e. The Hall–Kier alpha value is -2.09. The molecular formula is C11H14N4O. The topological polar surface area (TPSA) is 91.8 Å².